The summed E-state index contributed by atoms with van der Waals surface area (Å²) < 4.78 is 11.6. The lowest BCUT2D eigenvalue weighted by Crippen LogP contribution is -2.35. The Hall–Kier alpha value is -3.32. The van der Waals surface area contributed by atoms with E-state index in [0.29, 0.717) is 54.8 Å². The quantitative estimate of drug-likeness (QED) is 0.290. The van der Waals surface area contributed by atoms with E-state index in [9.17, 15) is 14.7 Å². The molecule has 0 aromatic heterocycles. The molecule has 0 aliphatic carbocycles. The number of carbonyl (C=O) groups is 2. The maximum absolute atomic E-state index is 13.2. The summed E-state index contributed by atoms with van der Waals surface area (Å²) in [7, 11) is 3.82. The number of ketones is 1. The highest BCUT2D eigenvalue weighted by Crippen LogP contribution is 2.40. The van der Waals surface area contributed by atoms with Crippen molar-refractivity contribution < 1.29 is 24.2 Å². The number of hydrogen-bond donors (Lipinski definition) is 1. The molecule has 3 rings (SSSR count). The van der Waals surface area contributed by atoms with Crippen molar-refractivity contribution >= 4 is 17.4 Å². The molecule has 2 aromatic rings. The fourth-order valence-electron chi connectivity index (χ4n) is 3.91. The Kier molecular flexibility index (Phi) is 8.93. The lowest BCUT2D eigenvalue weighted by atomic mass is 9.95. The summed E-state index contributed by atoms with van der Waals surface area (Å²) in [5.41, 5.74) is 1.22. The first-order chi connectivity index (χ1) is 16.7. The number of likely N-dealkylation sites (N-methyl/N-ethyl adjacent to an activating group) is 1. The standard InChI is InChI=1S/C28H36N2O5/c1-6-15-34-22-11-7-9-20(16-22)25-24(27(32)28(33)30(25)14-13-29(4)5)26(31)21-10-8-12-23(17-21)35-18-19(2)3/h7-12,16-17,19,25,31H,6,13-15,18H2,1-5H3/b26-24-. The van der Waals surface area contributed by atoms with Crippen molar-refractivity contribution in [3.8, 4) is 11.5 Å². The van der Waals surface area contributed by atoms with Crippen LogP contribution in [-0.2, 0) is 9.59 Å². The Morgan fingerprint density at radius 3 is 2.40 bits per heavy atom. The Morgan fingerprint density at radius 1 is 1.06 bits per heavy atom. The lowest BCUT2D eigenvalue weighted by Gasteiger charge is -2.27. The Morgan fingerprint density at radius 2 is 1.74 bits per heavy atom. The zero-order valence-electron chi connectivity index (χ0n) is 21.3. The molecule has 0 radical (unpaired) electrons. The first-order valence-corrected chi connectivity index (χ1v) is 12.1. The molecule has 0 bridgehead atoms. The van der Waals surface area contributed by atoms with Crippen LogP contribution in [0.15, 0.2) is 54.1 Å². The molecular weight excluding hydrogens is 444 g/mol. The molecule has 1 aliphatic rings. The fraction of sp³-hybridized carbons (Fsp3) is 0.429. The van der Waals surface area contributed by atoms with E-state index in [1.807, 2.05) is 50.2 Å². The second-order valence-electron chi connectivity index (χ2n) is 9.45. The highest BCUT2D eigenvalue weighted by Gasteiger charge is 2.46. The fourth-order valence-corrected chi connectivity index (χ4v) is 3.91. The van der Waals surface area contributed by atoms with E-state index in [1.54, 1.807) is 24.3 Å². The Bertz CT molecular complexity index is 1080. The zero-order chi connectivity index (χ0) is 25.5. The molecule has 0 spiro atoms. The van der Waals surface area contributed by atoms with E-state index < -0.39 is 17.7 Å². The second kappa shape index (κ2) is 11.9. The van der Waals surface area contributed by atoms with Crippen molar-refractivity contribution in [1.29, 1.82) is 0 Å². The number of ether oxygens (including phenoxy) is 2. The van der Waals surface area contributed by atoms with Crippen LogP contribution in [-0.4, -0.2) is 67.0 Å². The molecule has 1 N–H and O–H groups in total. The summed E-state index contributed by atoms with van der Waals surface area (Å²) in [5.74, 6) is 0.0694. The van der Waals surface area contributed by atoms with Crippen LogP contribution in [0.2, 0.25) is 0 Å². The van der Waals surface area contributed by atoms with Crippen molar-refractivity contribution in [2.24, 2.45) is 5.92 Å². The summed E-state index contributed by atoms with van der Waals surface area (Å²) in [4.78, 5) is 29.8. The predicted molar refractivity (Wildman–Crippen MR) is 137 cm³/mol. The Labute approximate surface area is 207 Å². The monoisotopic (exact) mass is 480 g/mol. The number of aliphatic hydroxyl groups is 1. The third kappa shape index (κ3) is 6.42. The van der Waals surface area contributed by atoms with Gasteiger partial charge in [-0.2, -0.15) is 0 Å². The smallest absolute Gasteiger partial charge is 0.295 e. The first-order valence-electron chi connectivity index (χ1n) is 12.1. The molecular formula is C28H36N2O5. The highest BCUT2D eigenvalue weighted by atomic mass is 16.5. The van der Waals surface area contributed by atoms with Crippen LogP contribution in [0.25, 0.3) is 5.76 Å². The highest BCUT2D eigenvalue weighted by molar-refractivity contribution is 6.46. The number of Topliss-reactive ketones (excluding diaryl/α,β-unsaturated/α-hetero) is 1. The summed E-state index contributed by atoms with van der Waals surface area (Å²) in [5, 5.41) is 11.3. The third-order valence-corrected chi connectivity index (χ3v) is 5.67. The number of hydrogen-bond acceptors (Lipinski definition) is 6. The van der Waals surface area contributed by atoms with Crippen molar-refractivity contribution in [2.75, 3.05) is 40.4 Å². The number of likely N-dealkylation sites (tertiary alicyclic amines) is 1. The van der Waals surface area contributed by atoms with Gasteiger partial charge < -0.3 is 24.4 Å². The van der Waals surface area contributed by atoms with Crippen molar-refractivity contribution in [3.05, 3.63) is 65.2 Å². The van der Waals surface area contributed by atoms with Gasteiger partial charge in [-0.25, -0.2) is 0 Å². The molecule has 35 heavy (non-hydrogen) atoms. The molecule has 1 amide bonds. The summed E-state index contributed by atoms with van der Waals surface area (Å²) in [6, 6.07) is 13.6. The largest absolute Gasteiger partial charge is 0.507 e. The van der Waals surface area contributed by atoms with Crippen LogP contribution < -0.4 is 9.47 Å². The molecule has 0 saturated carbocycles. The number of rotatable bonds is 11. The van der Waals surface area contributed by atoms with Gasteiger partial charge in [-0.05, 0) is 56.3 Å². The third-order valence-electron chi connectivity index (χ3n) is 5.67. The van der Waals surface area contributed by atoms with Crippen LogP contribution in [0.1, 0.15) is 44.4 Å². The molecule has 1 unspecified atom stereocenters. The summed E-state index contributed by atoms with van der Waals surface area (Å²) in [6.45, 7) is 8.15. The number of aliphatic hydroxyl groups excluding tert-OH is 1. The van der Waals surface area contributed by atoms with E-state index in [-0.39, 0.29) is 11.3 Å². The van der Waals surface area contributed by atoms with Crippen molar-refractivity contribution in [1.82, 2.24) is 9.80 Å². The average Bonchev–Trinajstić information content (AvgIpc) is 3.09. The number of carbonyl (C=O) groups excluding carboxylic acids is 2. The molecule has 2 aromatic carbocycles. The molecule has 1 saturated heterocycles. The molecule has 7 nitrogen and oxygen atoms in total. The van der Waals surface area contributed by atoms with Crippen LogP contribution >= 0.6 is 0 Å². The van der Waals surface area contributed by atoms with Gasteiger partial charge in [0, 0.05) is 18.7 Å². The normalized spacial score (nSPS) is 17.5. The number of amides is 1. The topological polar surface area (TPSA) is 79.3 Å². The van der Waals surface area contributed by atoms with E-state index >= 15 is 0 Å². The molecule has 1 heterocycles. The van der Waals surface area contributed by atoms with Gasteiger partial charge in [0.25, 0.3) is 11.7 Å². The van der Waals surface area contributed by atoms with Crippen molar-refractivity contribution in [2.45, 2.75) is 33.2 Å². The van der Waals surface area contributed by atoms with Gasteiger partial charge in [0.05, 0.1) is 24.8 Å². The molecule has 188 valence electrons. The zero-order valence-corrected chi connectivity index (χ0v) is 21.3. The minimum absolute atomic E-state index is 0.0717. The Balaban J connectivity index is 2.08. The number of benzene rings is 2. The lowest BCUT2D eigenvalue weighted by molar-refractivity contribution is -0.140. The molecule has 1 fully saturated rings. The number of nitrogens with zero attached hydrogens (tertiary/aromatic N) is 2. The van der Waals surface area contributed by atoms with Gasteiger partial charge >= 0.3 is 0 Å². The summed E-state index contributed by atoms with van der Waals surface area (Å²) >= 11 is 0. The van der Waals surface area contributed by atoms with Gasteiger partial charge in [0.2, 0.25) is 0 Å². The average molecular weight is 481 g/mol. The maximum Gasteiger partial charge on any atom is 0.295 e. The van der Waals surface area contributed by atoms with Gasteiger partial charge in [-0.3, -0.25) is 9.59 Å². The summed E-state index contributed by atoms with van der Waals surface area (Å²) in [6.07, 6.45) is 0.862. The van der Waals surface area contributed by atoms with Gasteiger partial charge in [0.15, 0.2) is 0 Å². The van der Waals surface area contributed by atoms with Crippen LogP contribution in [0.4, 0.5) is 0 Å². The SMILES string of the molecule is CCCOc1cccc(C2/C(=C(/O)c3cccc(OCC(C)C)c3)C(=O)C(=O)N2CCN(C)C)c1. The van der Waals surface area contributed by atoms with Gasteiger partial charge in [-0.15, -0.1) is 0 Å². The molecule has 1 aliphatic heterocycles. The maximum atomic E-state index is 13.2. The van der Waals surface area contributed by atoms with E-state index in [1.165, 1.54) is 4.90 Å². The minimum Gasteiger partial charge on any atom is -0.507 e. The molecule has 7 heteroatoms. The van der Waals surface area contributed by atoms with Gasteiger partial charge in [-0.1, -0.05) is 45.0 Å². The van der Waals surface area contributed by atoms with E-state index in [2.05, 4.69) is 13.8 Å². The van der Waals surface area contributed by atoms with E-state index in [4.69, 9.17) is 9.47 Å². The van der Waals surface area contributed by atoms with Crippen LogP contribution in [0.3, 0.4) is 0 Å². The van der Waals surface area contributed by atoms with Gasteiger partial charge in [0.1, 0.15) is 17.3 Å². The van der Waals surface area contributed by atoms with Crippen LogP contribution in [0.5, 0.6) is 11.5 Å². The van der Waals surface area contributed by atoms with Crippen LogP contribution in [0, 0.1) is 5.92 Å². The first kappa shape index (κ1) is 26.3. The van der Waals surface area contributed by atoms with Crippen molar-refractivity contribution in [3.63, 3.8) is 0 Å². The predicted octanol–water partition coefficient (Wildman–Crippen LogP) is 4.49. The minimum atomic E-state index is -0.722. The molecule has 1 atom stereocenters. The second-order valence-corrected chi connectivity index (χ2v) is 9.45. The van der Waals surface area contributed by atoms with E-state index in [0.717, 1.165) is 6.42 Å².